The monoisotopic (exact) mass is 395 g/mol. The highest BCUT2D eigenvalue weighted by molar-refractivity contribution is 5.92. The largest absolute Gasteiger partial charge is 0.493 e. The number of rotatable bonds is 8. The predicted octanol–water partition coefficient (Wildman–Crippen LogP) is 3.95. The second kappa shape index (κ2) is 9.54. The molecule has 0 aliphatic rings. The van der Waals surface area contributed by atoms with Crippen LogP contribution in [0.2, 0.25) is 0 Å². The molecule has 0 aliphatic heterocycles. The van der Waals surface area contributed by atoms with Gasteiger partial charge in [-0.05, 0) is 48.4 Å². The van der Waals surface area contributed by atoms with Gasteiger partial charge in [0.05, 0.1) is 31.8 Å². The summed E-state index contributed by atoms with van der Waals surface area (Å²) >= 11 is 0. The molecule has 1 heterocycles. The molecule has 0 fully saturated rings. The molecular formula is C22H22FN3O3. The van der Waals surface area contributed by atoms with Gasteiger partial charge in [0.25, 0.3) is 5.91 Å². The van der Waals surface area contributed by atoms with Crippen molar-refractivity contribution in [2.24, 2.45) is 0 Å². The Morgan fingerprint density at radius 3 is 2.52 bits per heavy atom. The van der Waals surface area contributed by atoms with Gasteiger partial charge < -0.3 is 20.1 Å². The normalized spacial score (nSPS) is 10.3. The maximum absolute atomic E-state index is 13.7. The third-order valence-corrected chi connectivity index (χ3v) is 4.30. The Morgan fingerprint density at radius 1 is 1.03 bits per heavy atom. The number of carbonyl (C=O) groups is 1. The number of para-hydroxylation sites is 1. The molecule has 6 nitrogen and oxygen atoms in total. The van der Waals surface area contributed by atoms with E-state index in [1.54, 1.807) is 44.6 Å². The molecule has 0 saturated carbocycles. The lowest BCUT2D eigenvalue weighted by atomic mass is 10.1. The van der Waals surface area contributed by atoms with Crippen molar-refractivity contribution >= 4 is 17.3 Å². The first-order valence-electron chi connectivity index (χ1n) is 9.07. The van der Waals surface area contributed by atoms with Crippen molar-refractivity contribution in [3.8, 4) is 11.5 Å². The van der Waals surface area contributed by atoms with Crippen LogP contribution in [0.15, 0.2) is 60.8 Å². The molecular weight excluding hydrogens is 373 g/mol. The van der Waals surface area contributed by atoms with Gasteiger partial charge in [-0.15, -0.1) is 0 Å². The average molecular weight is 395 g/mol. The molecule has 0 bridgehead atoms. The lowest BCUT2D eigenvalue weighted by Gasteiger charge is -2.10. The molecule has 2 aromatic carbocycles. The Hall–Kier alpha value is -3.61. The third kappa shape index (κ3) is 5.22. The second-order valence-corrected chi connectivity index (χ2v) is 6.23. The smallest absolute Gasteiger partial charge is 0.269 e. The summed E-state index contributed by atoms with van der Waals surface area (Å²) in [4.78, 5) is 16.4. The summed E-state index contributed by atoms with van der Waals surface area (Å²) in [6.07, 6.45) is 2.13. The van der Waals surface area contributed by atoms with E-state index < -0.39 is 0 Å². The van der Waals surface area contributed by atoms with Crippen LogP contribution in [-0.2, 0) is 6.42 Å². The number of hydrogen-bond acceptors (Lipinski definition) is 5. The van der Waals surface area contributed by atoms with Crippen molar-refractivity contribution in [3.63, 3.8) is 0 Å². The van der Waals surface area contributed by atoms with Gasteiger partial charge in [-0.1, -0.05) is 18.2 Å². The van der Waals surface area contributed by atoms with Gasteiger partial charge >= 0.3 is 0 Å². The van der Waals surface area contributed by atoms with Crippen LogP contribution in [0, 0.1) is 5.82 Å². The van der Waals surface area contributed by atoms with Crippen LogP contribution in [0.4, 0.5) is 15.8 Å². The molecule has 0 atom stereocenters. The number of methoxy groups -OCH3 is 2. The maximum atomic E-state index is 13.7. The van der Waals surface area contributed by atoms with Crippen LogP contribution < -0.4 is 20.1 Å². The number of benzene rings is 2. The Labute approximate surface area is 168 Å². The maximum Gasteiger partial charge on any atom is 0.269 e. The van der Waals surface area contributed by atoms with E-state index in [-0.39, 0.29) is 17.4 Å². The quantitative estimate of drug-likeness (QED) is 0.604. The zero-order valence-electron chi connectivity index (χ0n) is 16.2. The minimum Gasteiger partial charge on any atom is -0.493 e. The molecule has 3 rings (SSSR count). The Balaban J connectivity index is 1.54. The van der Waals surface area contributed by atoms with E-state index in [4.69, 9.17) is 9.47 Å². The Bertz CT molecular complexity index is 977. The first-order valence-corrected chi connectivity index (χ1v) is 9.07. The zero-order chi connectivity index (χ0) is 20.6. The molecule has 150 valence electrons. The topological polar surface area (TPSA) is 72.5 Å². The molecule has 3 aromatic rings. The molecule has 1 aromatic heterocycles. The minimum absolute atomic E-state index is 0.275. The third-order valence-electron chi connectivity index (χ3n) is 4.30. The molecule has 0 aliphatic carbocycles. The predicted molar refractivity (Wildman–Crippen MR) is 110 cm³/mol. The van der Waals surface area contributed by atoms with Crippen LogP contribution >= 0.6 is 0 Å². The molecule has 7 heteroatoms. The number of ether oxygens (including phenoxy) is 2. The standard InChI is InChI=1S/C22H22FN3O3/c1-28-20-10-7-15(13-21(20)29-2)11-12-24-22(27)19-9-8-16(14-25-19)26-18-6-4-3-5-17(18)23/h3-10,13-14,26H,11-12H2,1-2H3,(H,24,27). The number of nitrogens with one attached hydrogen (secondary N) is 2. The number of hydrogen-bond donors (Lipinski definition) is 2. The summed E-state index contributed by atoms with van der Waals surface area (Å²) in [5, 5.41) is 5.77. The summed E-state index contributed by atoms with van der Waals surface area (Å²) in [6, 6.07) is 15.3. The molecule has 2 N–H and O–H groups in total. The summed E-state index contributed by atoms with van der Waals surface area (Å²) in [5.41, 5.74) is 2.25. The molecule has 1 amide bonds. The minimum atomic E-state index is -0.357. The van der Waals surface area contributed by atoms with Gasteiger partial charge in [0, 0.05) is 6.54 Å². The van der Waals surface area contributed by atoms with Gasteiger partial charge in [-0.2, -0.15) is 0 Å². The van der Waals surface area contributed by atoms with Crippen molar-refractivity contribution < 1.29 is 18.7 Å². The number of amides is 1. The van der Waals surface area contributed by atoms with Crippen molar-refractivity contribution in [3.05, 3.63) is 77.9 Å². The average Bonchev–Trinajstić information content (AvgIpc) is 2.75. The zero-order valence-corrected chi connectivity index (χ0v) is 16.2. The summed E-state index contributed by atoms with van der Waals surface area (Å²) in [6.45, 7) is 0.450. The lowest BCUT2D eigenvalue weighted by Crippen LogP contribution is -2.26. The fourth-order valence-electron chi connectivity index (χ4n) is 2.77. The Kier molecular flexibility index (Phi) is 6.63. The van der Waals surface area contributed by atoms with E-state index in [2.05, 4.69) is 15.6 Å². The molecule has 0 radical (unpaired) electrons. The van der Waals surface area contributed by atoms with E-state index in [0.29, 0.717) is 35.8 Å². The SMILES string of the molecule is COc1ccc(CCNC(=O)c2ccc(Nc3ccccc3F)cn2)cc1OC. The van der Waals surface area contributed by atoms with Crippen LogP contribution in [0.5, 0.6) is 11.5 Å². The number of halogens is 1. The number of anilines is 2. The second-order valence-electron chi connectivity index (χ2n) is 6.23. The van der Waals surface area contributed by atoms with Gasteiger partial charge in [0.15, 0.2) is 11.5 Å². The first-order chi connectivity index (χ1) is 14.1. The highest BCUT2D eigenvalue weighted by atomic mass is 19.1. The molecule has 29 heavy (non-hydrogen) atoms. The van der Waals surface area contributed by atoms with Crippen LogP contribution in [0.25, 0.3) is 0 Å². The number of nitrogens with zero attached hydrogens (tertiary/aromatic N) is 1. The van der Waals surface area contributed by atoms with Crippen LogP contribution in [-0.4, -0.2) is 31.7 Å². The summed E-state index contributed by atoms with van der Waals surface area (Å²) in [5.74, 6) is 0.678. The van der Waals surface area contributed by atoms with Gasteiger partial charge in [0.2, 0.25) is 0 Å². The van der Waals surface area contributed by atoms with E-state index in [1.807, 2.05) is 18.2 Å². The lowest BCUT2D eigenvalue weighted by molar-refractivity contribution is 0.0949. The summed E-state index contributed by atoms with van der Waals surface area (Å²) < 4.78 is 24.2. The van der Waals surface area contributed by atoms with E-state index in [1.165, 1.54) is 12.3 Å². The fraction of sp³-hybridized carbons (Fsp3) is 0.182. The van der Waals surface area contributed by atoms with Crippen LogP contribution in [0.3, 0.4) is 0 Å². The van der Waals surface area contributed by atoms with Gasteiger partial charge in [-0.3, -0.25) is 4.79 Å². The fourth-order valence-corrected chi connectivity index (χ4v) is 2.77. The molecule has 0 unspecified atom stereocenters. The number of aromatic nitrogens is 1. The van der Waals surface area contributed by atoms with E-state index >= 15 is 0 Å². The Morgan fingerprint density at radius 2 is 1.83 bits per heavy atom. The number of pyridine rings is 1. The van der Waals surface area contributed by atoms with Gasteiger partial charge in [-0.25, -0.2) is 9.37 Å². The highest BCUT2D eigenvalue weighted by Gasteiger charge is 2.09. The van der Waals surface area contributed by atoms with Gasteiger partial charge in [0.1, 0.15) is 11.5 Å². The van der Waals surface area contributed by atoms with Crippen molar-refractivity contribution in [2.75, 3.05) is 26.1 Å². The van der Waals surface area contributed by atoms with Crippen molar-refractivity contribution in [1.82, 2.24) is 10.3 Å². The van der Waals surface area contributed by atoms with Crippen molar-refractivity contribution in [1.29, 1.82) is 0 Å². The number of carbonyl (C=O) groups excluding carboxylic acids is 1. The highest BCUT2D eigenvalue weighted by Crippen LogP contribution is 2.27. The van der Waals surface area contributed by atoms with E-state index in [0.717, 1.165) is 5.56 Å². The first kappa shape index (κ1) is 20.1. The molecule has 0 saturated heterocycles. The summed E-state index contributed by atoms with van der Waals surface area (Å²) in [7, 11) is 3.17. The van der Waals surface area contributed by atoms with E-state index in [9.17, 15) is 9.18 Å². The van der Waals surface area contributed by atoms with Crippen molar-refractivity contribution in [2.45, 2.75) is 6.42 Å². The van der Waals surface area contributed by atoms with Crippen LogP contribution in [0.1, 0.15) is 16.1 Å². The molecule has 0 spiro atoms.